The number of carbonyl (C=O) groups excluding carboxylic acids is 1. The lowest BCUT2D eigenvalue weighted by Crippen LogP contribution is -2.59. The fourth-order valence-electron chi connectivity index (χ4n) is 3.94. The quantitative estimate of drug-likeness (QED) is 0.779. The van der Waals surface area contributed by atoms with Crippen molar-refractivity contribution >= 4 is 5.91 Å². The fraction of sp³-hybridized carbons (Fsp3) is 0.800. The molecule has 2 heterocycles. The van der Waals surface area contributed by atoms with E-state index in [-0.39, 0.29) is 35.9 Å². The molecule has 0 bridgehead atoms. The van der Waals surface area contributed by atoms with Crippen LogP contribution in [0.25, 0.3) is 0 Å². The maximum Gasteiger partial charge on any atom is 0.223 e. The minimum atomic E-state index is -0.337. The van der Waals surface area contributed by atoms with Gasteiger partial charge in [0.2, 0.25) is 5.91 Å². The highest BCUT2D eigenvalue weighted by Crippen LogP contribution is 2.42. The Morgan fingerprint density at radius 2 is 2.22 bits per heavy atom. The molecule has 1 N–H and O–H groups in total. The predicted octanol–water partition coefficient (Wildman–Crippen LogP) is 2.35. The normalized spacial score (nSPS) is 39.8. The minimum Gasteiger partial charge on any atom is -0.392 e. The van der Waals surface area contributed by atoms with Gasteiger partial charge in [-0.1, -0.05) is 26.3 Å². The molecular formula is C15H25NO2. The SMILES string of the molecule is C=C[C@H]1[C@@H](O)[C@H](CC)[C@@H]2CCC(=O)N2[C@@H]1CCC. The summed E-state index contributed by atoms with van der Waals surface area (Å²) in [7, 11) is 0. The Bertz CT molecular complexity index is 328. The Labute approximate surface area is 110 Å². The van der Waals surface area contributed by atoms with Crippen molar-refractivity contribution in [3.8, 4) is 0 Å². The predicted molar refractivity (Wildman–Crippen MR) is 72.0 cm³/mol. The van der Waals surface area contributed by atoms with Crippen molar-refractivity contribution in [1.82, 2.24) is 4.90 Å². The maximum atomic E-state index is 12.1. The number of hydrogen-bond acceptors (Lipinski definition) is 2. The Morgan fingerprint density at radius 3 is 2.78 bits per heavy atom. The van der Waals surface area contributed by atoms with E-state index in [1.54, 1.807) is 0 Å². The molecule has 0 aromatic heterocycles. The molecule has 2 aliphatic heterocycles. The molecule has 0 radical (unpaired) electrons. The molecule has 0 unspecified atom stereocenters. The maximum absolute atomic E-state index is 12.1. The molecule has 0 spiro atoms. The van der Waals surface area contributed by atoms with Gasteiger partial charge in [0.15, 0.2) is 0 Å². The number of rotatable bonds is 4. The van der Waals surface area contributed by atoms with Crippen molar-refractivity contribution in [2.45, 2.75) is 64.1 Å². The van der Waals surface area contributed by atoms with Gasteiger partial charge in [-0.05, 0) is 19.3 Å². The molecule has 0 aromatic rings. The zero-order chi connectivity index (χ0) is 13.3. The lowest BCUT2D eigenvalue weighted by Gasteiger charge is -2.49. The molecule has 102 valence electrons. The fourth-order valence-corrected chi connectivity index (χ4v) is 3.94. The summed E-state index contributed by atoms with van der Waals surface area (Å²) < 4.78 is 0. The monoisotopic (exact) mass is 251 g/mol. The second-order valence-corrected chi connectivity index (χ2v) is 5.64. The van der Waals surface area contributed by atoms with E-state index in [1.807, 2.05) is 6.08 Å². The van der Waals surface area contributed by atoms with Crippen molar-refractivity contribution < 1.29 is 9.90 Å². The van der Waals surface area contributed by atoms with Gasteiger partial charge in [0, 0.05) is 30.3 Å². The standard InChI is InChI=1S/C15H25NO2/c1-4-7-12-10(5-2)15(18)11(6-3)13-8-9-14(17)16(12)13/h5,10-13,15,18H,2,4,6-9H2,1,3H3/t10-,11-,12-,13+,15-/m1/s1. The second-order valence-electron chi connectivity index (χ2n) is 5.64. The summed E-state index contributed by atoms with van der Waals surface area (Å²) >= 11 is 0. The van der Waals surface area contributed by atoms with Crippen LogP contribution in [0.2, 0.25) is 0 Å². The van der Waals surface area contributed by atoms with Crippen LogP contribution in [-0.4, -0.2) is 34.1 Å². The van der Waals surface area contributed by atoms with Gasteiger partial charge in [0.25, 0.3) is 0 Å². The third kappa shape index (κ3) is 1.99. The minimum absolute atomic E-state index is 0.0354. The van der Waals surface area contributed by atoms with E-state index >= 15 is 0 Å². The number of hydrogen-bond donors (Lipinski definition) is 1. The number of aliphatic hydroxyl groups is 1. The van der Waals surface area contributed by atoms with Crippen molar-refractivity contribution in [2.75, 3.05) is 0 Å². The molecule has 2 aliphatic rings. The zero-order valence-corrected chi connectivity index (χ0v) is 11.5. The number of fused-ring (bicyclic) bond motifs is 1. The lowest BCUT2D eigenvalue weighted by molar-refractivity contribution is -0.141. The van der Waals surface area contributed by atoms with Crippen molar-refractivity contribution in [3.63, 3.8) is 0 Å². The molecule has 5 atom stereocenters. The number of carbonyl (C=O) groups is 1. The number of amides is 1. The first-order chi connectivity index (χ1) is 8.65. The molecule has 1 amide bonds. The Kier molecular flexibility index (Phi) is 4.10. The largest absolute Gasteiger partial charge is 0.392 e. The topological polar surface area (TPSA) is 40.5 Å². The van der Waals surface area contributed by atoms with Gasteiger partial charge in [-0.25, -0.2) is 0 Å². The molecule has 2 rings (SSSR count). The Morgan fingerprint density at radius 1 is 1.50 bits per heavy atom. The first kappa shape index (κ1) is 13.6. The van der Waals surface area contributed by atoms with Gasteiger partial charge >= 0.3 is 0 Å². The van der Waals surface area contributed by atoms with E-state index in [9.17, 15) is 9.90 Å². The number of aliphatic hydroxyl groups excluding tert-OH is 1. The summed E-state index contributed by atoms with van der Waals surface area (Å²) in [6.45, 7) is 8.12. The molecule has 18 heavy (non-hydrogen) atoms. The van der Waals surface area contributed by atoms with Crippen LogP contribution in [0.5, 0.6) is 0 Å². The van der Waals surface area contributed by atoms with Crippen molar-refractivity contribution in [1.29, 1.82) is 0 Å². The van der Waals surface area contributed by atoms with Gasteiger partial charge in [-0.3, -0.25) is 4.79 Å². The van der Waals surface area contributed by atoms with Gasteiger partial charge in [0.1, 0.15) is 0 Å². The summed E-state index contributed by atoms with van der Waals surface area (Å²) in [4.78, 5) is 14.2. The van der Waals surface area contributed by atoms with Gasteiger partial charge in [-0.2, -0.15) is 0 Å². The van der Waals surface area contributed by atoms with E-state index in [1.165, 1.54) is 0 Å². The van der Waals surface area contributed by atoms with Gasteiger partial charge in [0.05, 0.1) is 6.10 Å². The highest BCUT2D eigenvalue weighted by Gasteiger charge is 2.50. The van der Waals surface area contributed by atoms with E-state index in [0.717, 1.165) is 25.7 Å². The third-order valence-corrected chi connectivity index (χ3v) is 4.76. The van der Waals surface area contributed by atoms with Crippen LogP contribution in [-0.2, 0) is 4.79 Å². The van der Waals surface area contributed by atoms with Crippen molar-refractivity contribution in [3.05, 3.63) is 12.7 Å². The van der Waals surface area contributed by atoms with Crippen LogP contribution >= 0.6 is 0 Å². The number of piperidine rings is 1. The average molecular weight is 251 g/mol. The van der Waals surface area contributed by atoms with Crippen LogP contribution in [0.1, 0.15) is 46.0 Å². The smallest absolute Gasteiger partial charge is 0.223 e. The van der Waals surface area contributed by atoms with Gasteiger partial charge < -0.3 is 10.0 Å². The van der Waals surface area contributed by atoms with Crippen LogP contribution in [0.3, 0.4) is 0 Å². The highest BCUT2D eigenvalue weighted by atomic mass is 16.3. The summed E-state index contributed by atoms with van der Waals surface area (Å²) in [6, 6.07) is 0.413. The molecule has 2 fully saturated rings. The van der Waals surface area contributed by atoms with Crippen LogP contribution in [0.15, 0.2) is 12.7 Å². The van der Waals surface area contributed by atoms with Crippen LogP contribution in [0.4, 0.5) is 0 Å². The number of nitrogens with zero attached hydrogens (tertiary/aromatic N) is 1. The van der Waals surface area contributed by atoms with Crippen molar-refractivity contribution in [2.24, 2.45) is 11.8 Å². The summed E-state index contributed by atoms with van der Waals surface area (Å²) in [5.74, 6) is 0.524. The molecule has 2 saturated heterocycles. The summed E-state index contributed by atoms with van der Waals surface area (Å²) in [5, 5.41) is 10.5. The molecule has 3 nitrogen and oxygen atoms in total. The lowest BCUT2D eigenvalue weighted by atomic mass is 9.74. The molecule has 0 saturated carbocycles. The average Bonchev–Trinajstić information content (AvgIpc) is 2.72. The van der Waals surface area contributed by atoms with E-state index < -0.39 is 0 Å². The molecule has 0 aliphatic carbocycles. The van der Waals surface area contributed by atoms with E-state index in [4.69, 9.17) is 0 Å². The molecule has 0 aromatic carbocycles. The Balaban J connectivity index is 2.32. The van der Waals surface area contributed by atoms with E-state index in [2.05, 4.69) is 25.3 Å². The first-order valence-electron chi connectivity index (χ1n) is 7.27. The summed E-state index contributed by atoms with van der Waals surface area (Å²) in [5.41, 5.74) is 0. The van der Waals surface area contributed by atoms with Gasteiger partial charge in [-0.15, -0.1) is 6.58 Å². The third-order valence-electron chi connectivity index (χ3n) is 4.76. The molecule has 3 heteroatoms. The van der Waals surface area contributed by atoms with Crippen LogP contribution < -0.4 is 0 Å². The molecular weight excluding hydrogens is 226 g/mol. The van der Waals surface area contributed by atoms with E-state index in [0.29, 0.717) is 6.42 Å². The van der Waals surface area contributed by atoms with Crippen LogP contribution in [0, 0.1) is 11.8 Å². The second kappa shape index (κ2) is 5.43. The zero-order valence-electron chi connectivity index (χ0n) is 11.5. The first-order valence-corrected chi connectivity index (χ1v) is 7.27. The Hall–Kier alpha value is -0.830. The highest BCUT2D eigenvalue weighted by molar-refractivity contribution is 5.79. The summed E-state index contributed by atoms with van der Waals surface area (Å²) in [6.07, 6.45) is 6.02.